The van der Waals surface area contributed by atoms with Crippen LogP contribution in [0, 0.1) is 0 Å². The van der Waals surface area contributed by atoms with Crippen molar-refractivity contribution in [3.63, 3.8) is 0 Å². The van der Waals surface area contributed by atoms with Gasteiger partial charge in [-0.05, 0) is 55.2 Å². The molecule has 0 aliphatic heterocycles. The maximum Gasteiger partial charge on any atom is 0.147 e. The Morgan fingerprint density at radius 2 is 1.73 bits per heavy atom. The number of allylic oxidation sites excluding steroid dienone is 1. The summed E-state index contributed by atoms with van der Waals surface area (Å²) in [7, 11) is 1.65. The molecule has 4 rings (SSSR count). The standard InChI is InChI=1S/C28H30N2O3/c1-3-11-22-12-4-7-17-27(22)32-19-9-8-18-30-26-16-6-5-15-25(26)29-28(30)21-33-24-14-10-13-23(20-24)31-2/h3-7,10,12-17,20H,1,8-9,11,18-19,21H2,2H3. The van der Waals surface area contributed by atoms with Gasteiger partial charge in [0, 0.05) is 12.6 Å². The summed E-state index contributed by atoms with van der Waals surface area (Å²) in [5.41, 5.74) is 3.28. The van der Waals surface area contributed by atoms with Crippen molar-refractivity contribution in [3.05, 3.63) is 96.8 Å². The molecule has 0 amide bonds. The molecule has 0 fully saturated rings. The SMILES string of the molecule is C=CCc1ccccc1OCCCCn1c(COc2cccc(OC)c2)nc2ccccc21. The third-order valence-corrected chi connectivity index (χ3v) is 5.51. The van der Waals surface area contributed by atoms with Crippen LogP contribution in [0.3, 0.4) is 0 Å². The van der Waals surface area contributed by atoms with Crippen molar-refractivity contribution < 1.29 is 14.2 Å². The Morgan fingerprint density at radius 3 is 2.61 bits per heavy atom. The molecule has 0 aliphatic carbocycles. The van der Waals surface area contributed by atoms with E-state index >= 15 is 0 Å². The quantitative estimate of drug-likeness (QED) is 0.193. The number of methoxy groups -OCH3 is 1. The molecule has 0 atom stereocenters. The van der Waals surface area contributed by atoms with Crippen LogP contribution in [0.4, 0.5) is 0 Å². The summed E-state index contributed by atoms with van der Waals surface area (Å²) in [5, 5.41) is 0. The number of aryl methyl sites for hydroxylation is 1. The zero-order chi connectivity index (χ0) is 22.9. The molecule has 0 unspecified atom stereocenters. The number of para-hydroxylation sites is 3. The molecule has 0 N–H and O–H groups in total. The van der Waals surface area contributed by atoms with Crippen LogP contribution in [0.25, 0.3) is 11.0 Å². The Hall–Kier alpha value is -3.73. The first-order chi connectivity index (χ1) is 16.3. The first-order valence-corrected chi connectivity index (χ1v) is 11.3. The summed E-state index contributed by atoms with van der Waals surface area (Å²) in [5.74, 6) is 3.39. The lowest BCUT2D eigenvalue weighted by atomic mass is 10.1. The minimum Gasteiger partial charge on any atom is -0.497 e. The molecule has 33 heavy (non-hydrogen) atoms. The molecule has 0 spiro atoms. The van der Waals surface area contributed by atoms with Crippen molar-refractivity contribution in [3.8, 4) is 17.2 Å². The minimum atomic E-state index is 0.396. The van der Waals surface area contributed by atoms with Crippen LogP contribution in [-0.2, 0) is 19.6 Å². The van der Waals surface area contributed by atoms with Gasteiger partial charge in [-0.2, -0.15) is 0 Å². The van der Waals surface area contributed by atoms with Gasteiger partial charge < -0.3 is 18.8 Å². The fraction of sp³-hybridized carbons (Fsp3) is 0.250. The van der Waals surface area contributed by atoms with Gasteiger partial charge in [0.1, 0.15) is 29.7 Å². The largest absolute Gasteiger partial charge is 0.497 e. The summed E-state index contributed by atoms with van der Waals surface area (Å²) in [6.07, 6.45) is 4.65. The molecule has 1 aromatic heterocycles. The van der Waals surface area contributed by atoms with Crippen molar-refractivity contribution in [2.24, 2.45) is 0 Å². The molecule has 0 saturated carbocycles. The lowest BCUT2D eigenvalue weighted by Gasteiger charge is -2.12. The molecule has 1 heterocycles. The summed E-state index contributed by atoms with van der Waals surface area (Å²) in [6.45, 7) is 5.76. The fourth-order valence-electron chi connectivity index (χ4n) is 3.85. The van der Waals surface area contributed by atoms with Gasteiger partial charge in [-0.3, -0.25) is 0 Å². The van der Waals surface area contributed by atoms with E-state index in [2.05, 4.69) is 23.3 Å². The number of hydrogen-bond donors (Lipinski definition) is 0. The van der Waals surface area contributed by atoms with Crippen molar-refractivity contribution in [1.82, 2.24) is 9.55 Å². The number of aromatic nitrogens is 2. The molecule has 170 valence electrons. The van der Waals surface area contributed by atoms with E-state index in [0.29, 0.717) is 13.2 Å². The molecule has 3 aromatic carbocycles. The molecule has 5 nitrogen and oxygen atoms in total. The number of imidazole rings is 1. The topological polar surface area (TPSA) is 45.5 Å². The second-order valence-electron chi connectivity index (χ2n) is 7.79. The summed E-state index contributed by atoms with van der Waals surface area (Å²) in [4.78, 5) is 4.81. The van der Waals surface area contributed by atoms with Crippen LogP contribution in [0.15, 0.2) is 85.5 Å². The van der Waals surface area contributed by atoms with Gasteiger partial charge in [-0.15, -0.1) is 6.58 Å². The van der Waals surface area contributed by atoms with Gasteiger partial charge >= 0.3 is 0 Å². The minimum absolute atomic E-state index is 0.396. The number of benzene rings is 3. The number of nitrogens with zero attached hydrogens (tertiary/aromatic N) is 2. The Labute approximate surface area is 195 Å². The maximum atomic E-state index is 6.04. The van der Waals surface area contributed by atoms with Gasteiger partial charge in [-0.1, -0.05) is 42.5 Å². The van der Waals surface area contributed by atoms with Crippen LogP contribution < -0.4 is 14.2 Å². The predicted octanol–water partition coefficient (Wildman–Crippen LogP) is 6.21. The molecule has 4 aromatic rings. The van der Waals surface area contributed by atoms with Crippen molar-refractivity contribution in [1.29, 1.82) is 0 Å². The van der Waals surface area contributed by atoms with Gasteiger partial charge in [0.15, 0.2) is 0 Å². The zero-order valence-corrected chi connectivity index (χ0v) is 19.1. The lowest BCUT2D eigenvalue weighted by Crippen LogP contribution is -2.09. The average molecular weight is 443 g/mol. The van der Waals surface area contributed by atoms with Crippen molar-refractivity contribution >= 4 is 11.0 Å². The fourth-order valence-corrected chi connectivity index (χ4v) is 3.85. The Balaban J connectivity index is 1.38. The Morgan fingerprint density at radius 1 is 0.909 bits per heavy atom. The van der Waals surface area contributed by atoms with E-state index < -0.39 is 0 Å². The third-order valence-electron chi connectivity index (χ3n) is 5.51. The van der Waals surface area contributed by atoms with Crippen LogP contribution in [0.2, 0.25) is 0 Å². The zero-order valence-electron chi connectivity index (χ0n) is 19.1. The summed E-state index contributed by atoms with van der Waals surface area (Å²) >= 11 is 0. The highest BCUT2D eigenvalue weighted by atomic mass is 16.5. The van der Waals surface area contributed by atoms with Gasteiger partial charge in [0.2, 0.25) is 0 Å². The van der Waals surface area contributed by atoms with E-state index in [1.165, 1.54) is 5.56 Å². The molecular formula is C28H30N2O3. The highest BCUT2D eigenvalue weighted by molar-refractivity contribution is 5.75. The van der Waals surface area contributed by atoms with Crippen LogP contribution in [0.5, 0.6) is 17.2 Å². The molecular weight excluding hydrogens is 412 g/mol. The first-order valence-electron chi connectivity index (χ1n) is 11.3. The molecule has 0 radical (unpaired) electrons. The lowest BCUT2D eigenvalue weighted by molar-refractivity contribution is 0.283. The average Bonchev–Trinajstić information content (AvgIpc) is 3.21. The number of hydrogen-bond acceptors (Lipinski definition) is 4. The third kappa shape index (κ3) is 5.75. The van der Waals surface area contributed by atoms with Crippen molar-refractivity contribution in [2.45, 2.75) is 32.4 Å². The first kappa shape index (κ1) is 22.5. The normalized spacial score (nSPS) is 10.8. The van der Waals surface area contributed by atoms with Gasteiger partial charge in [0.25, 0.3) is 0 Å². The van der Waals surface area contributed by atoms with Gasteiger partial charge in [0.05, 0.1) is 24.8 Å². The highest BCUT2D eigenvalue weighted by Crippen LogP contribution is 2.23. The van der Waals surface area contributed by atoms with Crippen LogP contribution in [-0.4, -0.2) is 23.3 Å². The van der Waals surface area contributed by atoms with E-state index in [9.17, 15) is 0 Å². The monoisotopic (exact) mass is 442 g/mol. The van der Waals surface area contributed by atoms with Crippen LogP contribution in [0.1, 0.15) is 24.2 Å². The van der Waals surface area contributed by atoms with E-state index in [-0.39, 0.29) is 0 Å². The van der Waals surface area contributed by atoms with E-state index in [4.69, 9.17) is 19.2 Å². The van der Waals surface area contributed by atoms with Gasteiger partial charge in [-0.25, -0.2) is 4.98 Å². The van der Waals surface area contributed by atoms with Crippen molar-refractivity contribution in [2.75, 3.05) is 13.7 Å². The number of fused-ring (bicyclic) bond motifs is 1. The van der Waals surface area contributed by atoms with E-state index in [0.717, 1.165) is 59.9 Å². The van der Waals surface area contributed by atoms with E-state index in [1.807, 2.05) is 66.7 Å². The molecule has 0 aliphatic rings. The number of rotatable bonds is 12. The summed E-state index contributed by atoms with van der Waals surface area (Å²) < 4.78 is 19.6. The second-order valence-corrected chi connectivity index (χ2v) is 7.79. The summed E-state index contributed by atoms with van der Waals surface area (Å²) in [6, 6.07) is 24.0. The second kappa shape index (κ2) is 11.2. The smallest absolute Gasteiger partial charge is 0.147 e. The Kier molecular flexibility index (Phi) is 7.64. The maximum absolute atomic E-state index is 6.04. The molecule has 0 bridgehead atoms. The molecule has 0 saturated heterocycles. The Bertz CT molecular complexity index is 1200. The predicted molar refractivity (Wildman–Crippen MR) is 132 cm³/mol. The van der Waals surface area contributed by atoms with Crippen LogP contribution >= 0.6 is 0 Å². The van der Waals surface area contributed by atoms with E-state index in [1.54, 1.807) is 7.11 Å². The molecule has 5 heteroatoms. The highest BCUT2D eigenvalue weighted by Gasteiger charge is 2.11. The number of ether oxygens (including phenoxy) is 3. The number of unbranched alkanes of at least 4 members (excludes halogenated alkanes) is 1.